The monoisotopic (exact) mass is 583 g/mol. The lowest BCUT2D eigenvalue weighted by atomic mass is 10.1. The van der Waals surface area contributed by atoms with Crippen LogP contribution in [0.15, 0.2) is 69.1 Å². The molecule has 14 heteroatoms. The van der Waals surface area contributed by atoms with Gasteiger partial charge in [-0.3, -0.25) is 19.2 Å². The number of aromatic amines is 1. The topological polar surface area (TPSA) is 218 Å². The van der Waals surface area contributed by atoms with Gasteiger partial charge < -0.3 is 31.8 Å². The number of carbonyl (C=O) groups excluding carboxylic acids is 2. The van der Waals surface area contributed by atoms with Gasteiger partial charge in [0.25, 0.3) is 22.7 Å². The summed E-state index contributed by atoms with van der Waals surface area (Å²) < 4.78 is 1.05. The zero-order chi connectivity index (χ0) is 30.8. The first-order valence-electron chi connectivity index (χ1n) is 12.9. The minimum absolute atomic E-state index is 0.0649. The molecule has 0 unspecified atom stereocenters. The van der Waals surface area contributed by atoms with Gasteiger partial charge in [-0.2, -0.15) is 0 Å². The number of aromatic nitrogens is 3. The highest BCUT2D eigenvalue weighted by atomic mass is 16.4. The first-order valence-corrected chi connectivity index (χ1v) is 12.9. The fourth-order valence-corrected chi connectivity index (χ4v) is 4.55. The third-order valence-electron chi connectivity index (χ3n) is 6.81. The number of aryl methyl sites for hydroxylation is 1. The molecule has 0 radical (unpaired) electrons. The molecule has 0 atom stereocenters. The number of nitrogens with zero attached hydrogens (tertiary/aromatic N) is 2. The van der Waals surface area contributed by atoms with E-state index in [9.17, 15) is 33.9 Å². The molecule has 5 rings (SSSR count). The summed E-state index contributed by atoms with van der Waals surface area (Å²) in [6, 6.07) is 13.0. The van der Waals surface area contributed by atoms with Gasteiger partial charge in [0, 0.05) is 25.8 Å². The van der Waals surface area contributed by atoms with Crippen molar-refractivity contribution in [3.8, 4) is 0 Å². The molecule has 43 heavy (non-hydrogen) atoms. The summed E-state index contributed by atoms with van der Waals surface area (Å²) in [5, 5.41) is 17.5. The van der Waals surface area contributed by atoms with Crippen molar-refractivity contribution in [3.05, 3.63) is 125 Å². The fraction of sp³-hybridized carbons (Fsp3) is 0.138. The number of rotatable bonds is 10. The number of nitrogens with two attached hydrogens (primary N) is 1. The highest BCUT2D eigenvalue weighted by molar-refractivity contribution is 5.98. The van der Waals surface area contributed by atoms with Gasteiger partial charge in [0.05, 0.1) is 5.56 Å². The van der Waals surface area contributed by atoms with E-state index in [1.54, 1.807) is 43.3 Å². The Morgan fingerprint density at radius 3 is 2.26 bits per heavy atom. The van der Waals surface area contributed by atoms with E-state index in [0.717, 1.165) is 9.96 Å². The SMILES string of the molecule is Cc1cc(CNC(=O)c2cc(C(=O)NCc3cccc(CNc4c(N)c(=O)c4=O)c3)n3c(=O)[nH]cc3n2)ccc1C(=O)O. The van der Waals surface area contributed by atoms with Crippen molar-refractivity contribution in [1.29, 1.82) is 0 Å². The van der Waals surface area contributed by atoms with E-state index in [1.165, 1.54) is 18.3 Å². The second-order valence-electron chi connectivity index (χ2n) is 9.75. The van der Waals surface area contributed by atoms with Gasteiger partial charge in [0.15, 0.2) is 5.65 Å². The van der Waals surface area contributed by atoms with Gasteiger partial charge in [-0.15, -0.1) is 0 Å². The largest absolute Gasteiger partial charge is 0.478 e. The van der Waals surface area contributed by atoms with E-state index in [0.29, 0.717) is 16.7 Å². The zero-order valence-corrected chi connectivity index (χ0v) is 22.7. The normalized spacial score (nSPS) is 11.0. The number of benzene rings is 2. The predicted octanol–water partition coefficient (Wildman–Crippen LogP) is 0.680. The number of nitrogen functional groups attached to an aromatic ring is 1. The fourth-order valence-electron chi connectivity index (χ4n) is 4.55. The van der Waals surface area contributed by atoms with Gasteiger partial charge in [-0.25, -0.2) is 19.0 Å². The molecule has 0 saturated carbocycles. The van der Waals surface area contributed by atoms with Crippen LogP contribution in [0.25, 0.3) is 5.65 Å². The maximum absolute atomic E-state index is 13.2. The van der Waals surface area contributed by atoms with Crippen molar-refractivity contribution in [2.45, 2.75) is 26.6 Å². The third kappa shape index (κ3) is 5.74. The molecule has 0 spiro atoms. The number of hydrogen-bond donors (Lipinski definition) is 6. The van der Waals surface area contributed by atoms with Crippen LogP contribution in [0.5, 0.6) is 0 Å². The lowest BCUT2D eigenvalue weighted by Gasteiger charge is -2.12. The van der Waals surface area contributed by atoms with Crippen molar-refractivity contribution in [3.63, 3.8) is 0 Å². The van der Waals surface area contributed by atoms with E-state index in [2.05, 4.69) is 25.9 Å². The Morgan fingerprint density at radius 1 is 0.907 bits per heavy atom. The molecule has 5 aromatic rings. The molecular weight excluding hydrogens is 558 g/mol. The maximum atomic E-state index is 13.2. The maximum Gasteiger partial charge on any atom is 0.335 e. The molecule has 7 N–H and O–H groups in total. The molecule has 0 bridgehead atoms. The Kier molecular flexibility index (Phi) is 7.58. The molecule has 0 fully saturated rings. The number of carbonyl (C=O) groups is 3. The summed E-state index contributed by atoms with van der Waals surface area (Å²) in [4.78, 5) is 79.4. The van der Waals surface area contributed by atoms with E-state index in [1.807, 2.05) is 0 Å². The van der Waals surface area contributed by atoms with Crippen molar-refractivity contribution in [1.82, 2.24) is 25.0 Å². The van der Waals surface area contributed by atoms with Crippen molar-refractivity contribution < 1.29 is 19.5 Å². The van der Waals surface area contributed by atoms with Crippen LogP contribution in [0.1, 0.15) is 53.6 Å². The number of aromatic carboxylic acids is 1. The smallest absolute Gasteiger partial charge is 0.335 e. The van der Waals surface area contributed by atoms with Crippen LogP contribution in [0.2, 0.25) is 0 Å². The summed E-state index contributed by atoms with van der Waals surface area (Å²) in [6.45, 7) is 2.03. The summed E-state index contributed by atoms with van der Waals surface area (Å²) in [6.07, 6.45) is 1.28. The number of carboxylic acids is 1. The second kappa shape index (κ2) is 11.4. The van der Waals surface area contributed by atoms with Crippen LogP contribution in [0, 0.1) is 6.92 Å². The average molecular weight is 584 g/mol. The zero-order valence-electron chi connectivity index (χ0n) is 22.7. The van der Waals surface area contributed by atoms with E-state index in [4.69, 9.17) is 5.73 Å². The van der Waals surface area contributed by atoms with Crippen LogP contribution in [0.4, 0.5) is 11.4 Å². The molecule has 2 aromatic heterocycles. The number of imidazole rings is 1. The van der Waals surface area contributed by atoms with E-state index >= 15 is 0 Å². The predicted molar refractivity (Wildman–Crippen MR) is 156 cm³/mol. The number of carboxylic acid groups (broad SMARTS) is 1. The summed E-state index contributed by atoms with van der Waals surface area (Å²) >= 11 is 0. The highest BCUT2D eigenvalue weighted by Crippen LogP contribution is 2.14. The van der Waals surface area contributed by atoms with Crippen molar-refractivity contribution in [2.75, 3.05) is 11.1 Å². The van der Waals surface area contributed by atoms with Crippen LogP contribution in [-0.4, -0.2) is 37.3 Å². The van der Waals surface area contributed by atoms with Gasteiger partial charge >= 0.3 is 11.7 Å². The Balaban J connectivity index is 1.28. The molecule has 218 valence electrons. The van der Waals surface area contributed by atoms with Gasteiger partial charge in [0.2, 0.25) is 0 Å². The number of hydrogen-bond acceptors (Lipinski definition) is 9. The third-order valence-corrected chi connectivity index (χ3v) is 6.81. The minimum Gasteiger partial charge on any atom is -0.478 e. The number of nitrogens with one attached hydrogen (secondary N) is 4. The number of anilines is 2. The van der Waals surface area contributed by atoms with Crippen LogP contribution in [-0.2, 0) is 19.6 Å². The number of amides is 2. The summed E-state index contributed by atoms with van der Waals surface area (Å²) in [7, 11) is 0. The van der Waals surface area contributed by atoms with Gasteiger partial charge in [-0.05, 0) is 41.3 Å². The Morgan fingerprint density at radius 2 is 1.58 bits per heavy atom. The molecule has 14 nitrogen and oxygen atoms in total. The van der Waals surface area contributed by atoms with Crippen LogP contribution >= 0.6 is 0 Å². The lowest BCUT2D eigenvalue weighted by molar-refractivity contribution is 0.0695. The van der Waals surface area contributed by atoms with Crippen LogP contribution < -0.4 is 38.2 Å². The first-order chi connectivity index (χ1) is 20.5. The standard InChI is InChI=1S/C29H25N7O7/c1-14-7-17(5-6-18(14)28(41)42)12-32-26(39)19-9-20(36-21(35-19)13-34-29(36)43)27(40)33-11-16-4-2-3-15(8-16)10-31-23-22(30)24(37)25(23)38/h2-9,13,31H,10-12,30H2,1H3,(H,32,39)(H,33,40)(H,34,43)(H,41,42). The number of fused-ring (bicyclic) bond motifs is 1. The van der Waals surface area contributed by atoms with Gasteiger partial charge in [-0.1, -0.05) is 36.4 Å². The first kappa shape index (κ1) is 28.5. The average Bonchev–Trinajstić information content (AvgIpc) is 3.38. The molecular formula is C29H25N7O7. The summed E-state index contributed by atoms with van der Waals surface area (Å²) in [5.41, 5.74) is 6.21. The Labute approximate surface area is 241 Å². The molecule has 0 aliphatic carbocycles. The highest BCUT2D eigenvalue weighted by Gasteiger charge is 2.20. The molecule has 0 saturated heterocycles. The summed E-state index contributed by atoms with van der Waals surface area (Å²) in [5.74, 6) is -2.29. The second-order valence-corrected chi connectivity index (χ2v) is 9.75. The van der Waals surface area contributed by atoms with E-state index in [-0.39, 0.29) is 53.6 Å². The van der Waals surface area contributed by atoms with Crippen LogP contribution in [0.3, 0.4) is 0 Å². The Bertz CT molecular complexity index is 2050. The minimum atomic E-state index is -1.05. The molecule has 2 amide bonds. The molecule has 3 aromatic carbocycles. The Hall–Kier alpha value is -6.05. The molecule has 0 aliphatic heterocycles. The quantitative estimate of drug-likeness (QED) is 0.126. The van der Waals surface area contributed by atoms with Crippen molar-refractivity contribution in [2.24, 2.45) is 0 Å². The number of H-pyrrole nitrogens is 1. The van der Waals surface area contributed by atoms with Crippen molar-refractivity contribution >= 4 is 34.8 Å². The molecule has 2 heterocycles. The lowest BCUT2D eigenvalue weighted by Crippen LogP contribution is -2.36. The van der Waals surface area contributed by atoms with E-state index < -0.39 is 34.3 Å². The van der Waals surface area contributed by atoms with Gasteiger partial charge in [0.1, 0.15) is 22.8 Å². The molecule has 0 aliphatic rings.